The van der Waals surface area contributed by atoms with Gasteiger partial charge < -0.3 is 0 Å². The average molecular weight is 299 g/mol. The van der Waals surface area contributed by atoms with E-state index in [0.29, 0.717) is 16.5 Å². The second-order valence-corrected chi connectivity index (χ2v) is 5.93. The van der Waals surface area contributed by atoms with Crippen LogP contribution in [-0.4, -0.2) is 15.2 Å². The summed E-state index contributed by atoms with van der Waals surface area (Å²) in [6.07, 6.45) is 0. The van der Waals surface area contributed by atoms with Gasteiger partial charge in [0.1, 0.15) is 5.82 Å². The van der Waals surface area contributed by atoms with Crippen LogP contribution in [0.15, 0.2) is 59.8 Å². The van der Waals surface area contributed by atoms with Gasteiger partial charge in [-0.3, -0.25) is 5.10 Å². The van der Waals surface area contributed by atoms with E-state index in [1.807, 2.05) is 18.2 Å². The molecule has 0 aliphatic carbocycles. The maximum absolute atomic E-state index is 13.7. The van der Waals surface area contributed by atoms with E-state index in [2.05, 4.69) is 34.2 Å². The fraction of sp³-hybridized carbons (Fsp3) is 0.125. The lowest BCUT2D eigenvalue weighted by Gasteiger charge is -2.08. The molecule has 0 aliphatic rings. The molecule has 2 aromatic carbocycles. The van der Waals surface area contributed by atoms with Crippen molar-refractivity contribution in [3.8, 4) is 11.4 Å². The van der Waals surface area contributed by atoms with Crippen molar-refractivity contribution in [1.29, 1.82) is 0 Å². The summed E-state index contributed by atoms with van der Waals surface area (Å²) in [5, 5.41) is 7.80. The Morgan fingerprint density at radius 1 is 1.05 bits per heavy atom. The van der Waals surface area contributed by atoms with Gasteiger partial charge in [-0.25, -0.2) is 9.37 Å². The zero-order chi connectivity index (χ0) is 14.7. The Labute approximate surface area is 126 Å². The SMILES string of the molecule is CC(Sc1n[nH]c(-c2ccccc2F)n1)c1ccccc1. The number of rotatable bonds is 4. The highest BCUT2D eigenvalue weighted by Gasteiger charge is 2.13. The standard InChI is InChI=1S/C16H14FN3S/c1-11(12-7-3-2-4-8-12)21-16-18-15(19-20-16)13-9-5-6-10-14(13)17/h2-11H,1H3,(H,18,19,20). The predicted octanol–water partition coefficient (Wildman–Crippen LogP) is 4.46. The molecule has 0 amide bonds. The van der Waals surface area contributed by atoms with Gasteiger partial charge in [-0.2, -0.15) is 0 Å². The van der Waals surface area contributed by atoms with Crippen molar-refractivity contribution in [2.24, 2.45) is 0 Å². The summed E-state index contributed by atoms with van der Waals surface area (Å²) < 4.78 is 13.7. The number of aromatic amines is 1. The minimum absolute atomic E-state index is 0.232. The zero-order valence-electron chi connectivity index (χ0n) is 11.5. The van der Waals surface area contributed by atoms with E-state index in [9.17, 15) is 4.39 Å². The normalized spacial score (nSPS) is 12.3. The highest BCUT2D eigenvalue weighted by atomic mass is 32.2. The molecule has 0 spiro atoms. The molecule has 0 fully saturated rings. The van der Waals surface area contributed by atoms with Crippen LogP contribution in [0.25, 0.3) is 11.4 Å². The molecule has 1 heterocycles. The smallest absolute Gasteiger partial charge is 0.209 e. The number of aromatic nitrogens is 3. The fourth-order valence-corrected chi connectivity index (χ4v) is 2.87. The van der Waals surface area contributed by atoms with Crippen molar-refractivity contribution in [3.05, 3.63) is 66.0 Å². The fourth-order valence-electron chi connectivity index (χ4n) is 2.02. The van der Waals surface area contributed by atoms with Crippen molar-refractivity contribution in [2.45, 2.75) is 17.3 Å². The van der Waals surface area contributed by atoms with Crippen LogP contribution in [0.3, 0.4) is 0 Å². The van der Waals surface area contributed by atoms with Gasteiger partial charge in [-0.15, -0.1) is 5.10 Å². The molecule has 1 aromatic heterocycles. The van der Waals surface area contributed by atoms with Crippen LogP contribution in [-0.2, 0) is 0 Å². The second-order valence-electron chi connectivity index (χ2n) is 4.62. The molecule has 106 valence electrons. The molecule has 21 heavy (non-hydrogen) atoms. The van der Waals surface area contributed by atoms with Crippen molar-refractivity contribution in [2.75, 3.05) is 0 Å². The number of benzene rings is 2. The number of nitrogens with zero attached hydrogens (tertiary/aromatic N) is 2. The molecule has 1 N–H and O–H groups in total. The van der Waals surface area contributed by atoms with Gasteiger partial charge in [-0.05, 0) is 24.6 Å². The maximum atomic E-state index is 13.7. The number of H-pyrrole nitrogens is 1. The highest BCUT2D eigenvalue weighted by Crippen LogP contribution is 2.33. The summed E-state index contributed by atoms with van der Waals surface area (Å²) in [7, 11) is 0. The van der Waals surface area contributed by atoms with Crippen LogP contribution in [0.5, 0.6) is 0 Å². The molecule has 3 nitrogen and oxygen atoms in total. The third-order valence-electron chi connectivity index (χ3n) is 3.15. The average Bonchev–Trinajstić information content (AvgIpc) is 2.97. The van der Waals surface area contributed by atoms with Gasteiger partial charge in [0.15, 0.2) is 5.82 Å². The quantitative estimate of drug-likeness (QED) is 0.723. The summed E-state index contributed by atoms with van der Waals surface area (Å²) in [6, 6.07) is 16.7. The third kappa shape index (κ3) is 3.13. The molecule has 3 aromatic rings. The van der Waals surface area contributed by atoms with Crippen LogP contribution in [0, 0.1) is 5.82 Å². The monoisotopic (exact) mass is 299 g/mol. The van der Waals surface area contributed by atoms with E-state index >= 15 is 0 Å². The molecule has 0 aliphatic heterocycles. The Kier molecular flexibility index (Phi) is 4.01. The van der Waals surface area contributed by atoms with E-state index in [1.54, 1.807) is 30.0 Å². The van der Waals surface area contributed by atoms with E-state index in [-0.39, 0.29) is 11.1 Å². The summed E-state index contributed by atoms with van der Waals surface area (Å²) in [4.78, 5) is 4.36. The first-order chi connectivity index (χ1) is 10.2. The molecular weight excluding hydrogens is 285 g/mol. The highest BCUT2D eigenvalue weighted by molar-refractivity contribution is 7.99. The van der Waals surface area contributed by atoms with E-state index in [0.717, 1.165) is 0 Å². The first-order valence-electron chi connectivity index (χ1n) is 6.63. The zero-order valence-corrected chi connectivity index (χ0v) is 12.3. The third-order valence-corrected chi connectivity index (χ3v) is 4.16. The minimum Gasteiger partial charge on any atom is -0.258 e. The predicted molar refractivity (Wildman–Crippen MR) is 82.5 cm³/mol. The topological polar surface area (TPSA) is 41.6 Å². The molecule has 0 radical (unpaired) electrons. The molecule has 0 bridgehead atoms. The number of thioether (sulfide) groups is 1. The van der Waals surface area contributed by atoms with Crippen molar-refractivity contribution in [3.63, 3.8) is 0 Å². The Balaban J connectivity index is 1.78. The summed E-state index contributed by atoms with van der Waals surface area (Å²) in [5.74, 6) is 0.150. The maximum Gasteiger partial charge on any atom is 0.209 e. The van der Waals surface area contributed by atoms with E-state index in [1.165, 1.54) is 11.6 Å². The Morgan fingerprint density at radius 3 is 2.52 bits per heavy atom. The second kappa shape index (κ2) is 6.10. The molecule has 1 atom stereocenters. The van der Waals surface area contributed by atoms with Crippen molar-refractivity contribution >= 4 is 11.8 Å². The Morgan fingerprint density at radius 2 is 1.76 bits per heavy atom. The summed E-state index contributed by atoms with van der Waals surface area (Å²) in [6.45, 7) is 2.10. The van der Waals surface area contributed by atoms with Gasteiger partial charge in [0.2, 0.25) is 5.16 Å². The van der Waals surface area contributed by atoms with Crippen LogP contribution < -0.4 is 0 Å². The van der Waals surface area contributed by atoms with Crippen molar-refractivity contribution < 1.29 is 4.39 Å². The van der Waals surface area contributed by atoms with Gasteiger partial charge >= 0.3 is 0 Å². The minimum atomic E-state index is -0.304. The number of halogens is 1. The molecule has 0 saturated carbocycles. The summed E-state index contributed by atoms with van der Waals surface area (Å²) in [5.41, 5.74) is 1.64. The number of hydrogen-bond acceptors (Lipinski definition) is 3. The number of nitrogens with one attached hydrogen (secondary N) is 1. The van der Waals surface area contributed by atoms with Gasteiger partial charge in [0.05, 0.1) is 5.56 Å². The van der Waals surface area contributed by atoms with Gasteiger partial charge in [-0.1, -0.05) is 54.2 Å². The molecule has 0 saturated heterocycles. The van der Waals surface area contributed by atoms with Gasteiger partial charge in [0.25, 0.3) is 0 Å². The molecule has 3 rings (SSSR count). The lowest BCUT2D eigenvalue weighted by atomic mass is 10.2. The van der Waals surface area contributed by atoms with Crippen LogP contribution in [0.1, 0.15) is 17.7 Å². The molecule has 1 unspecified atom stereocenters. The Hall–Kier alpha value is -2.14. The van der Waals surface area contributed by atoms with E-state index < -0.39 is 0 Å². The largest absolute Gasteiger partial charge is 0.258 e. The van der Waals surface area contributed by atoms with Crippen molar-refractivity contribution in [1.82, 2.24) is 15.2 Å². The van der Waals surface area contributed by atoms with Crippen LogP contribution in [0.2, 0.25) is 0 Å². The van der Waals surface area contributed by atoms with Crippen LogP contribution in [0.4, 0.5) is 4.39 Å². The van der Waals surface area contributed by atoms with Gasteiger partial charge in [0, 0.05) is 5.25 Å². The Bertz CT molecular complexity index is 727. The molecular formula is C16H14FN3S. The summed E-state index contributed by atoms with van der Waals surface area (Å²) >= 11 is 1.54. The lowest BCUT2D eigenvalue weighted by molar-refractivity contribution is 0.630. The first-order valence-corrected chi connectivity index (χ1v) is 7.51. The lowest BCUT2D eigenvalue weighted by Crippen LogP contribution is -1.88. The van der Waals surface area contributed by atoms with Crippen LogP contribution >= 0.6 is 11.8 Å². The number of hydrogen-bond donors (Lipinski definition) is 1. The molecule has 5 heteroatoms. The first kappa shape index (κ1) is 13.8. The van der Waals surface area contributed by atoms with E-state index in [4.69, 9.17) is 0 Å².